The van der Waals surface area contributed by atoms with Crippen LogP contribution in [0.2, 0.25) is 0 Å². The first-order chi connectivity index (χ1) is 16.7. The maximum absolute atomic E-state index is 15.4. The Hall–Kier alpha value is -3.00. The number of ether oxygens (including phenoxy) is 1. The number of rotatable bonds is 5. The van der Waals surface area contributed by atoms with Crippen molar-refractivity contribution in [3.63, 3.8) is 0 Å². The largest absolute Gasteiger partial charge is 0.490 e. The molecule has 1 unspecified atom stereocenters. The van der Waals surface area contributed by atoms with E-state index in [9.17, 15) is 13.6 Å². The molecule has 0 spiro atoms. The van der Waals surface area contributed by atoms with Gasteiger partial charge in [0.05, 0.1) is 0 Å². The SMILES string of the molecule is Cc1c(C(F)N2CCn3c(cc4cc(OC5CCN(C(C)C)CC5)ccc43)C2=O)ccc(F)c1F. The average molecular weight is 486 g/mol. The van der Waals surface area contributed by atoms with Crippen LogP contribution in [0.25, 0.3) is 10.9 Å². The van der Waals surface area contributed by atoms with Crippen LogP contribution in [0.5, 0.6) is 5.75 Å². The molecule has 1 atom stereocenters. The van der Waals surface area contributed by atoms with E-state index in [1.54, 1.807) is 6.07 Å². The van der Waals surface area contributed by atoms with Gasteiger partial charge in [0, 0.05) is 48.7 Å². The molecule has 1 saturated heterocycles. The minimum atomic E-state index is -1.86. The zero-order valence-corrected chi connectivity index (χ0v) is 20.2. The fourth-order valence-corrected chi connectivity index (χ4v) is 5.21. The van der Waals surface area contributed by atoms with E-state index in [1.165, 1.54) is 13.0 Å². The molecule has 5 nitrogen and oxygen atoms in total. The third-order valence-electron chi connectivity index (χ3n) is 7.34. The van der Waals surface area contributed by atoms with E-state index in [2.05, 4.69) is 18.7 Å². The van der Waals surface area contributed by atoms with Crippen LogP contribution in [0, 0.1) is 18.6 Å². The number of aromatic nitrogens is 1. The average Bonchev–Trinajstić information content (AvgIpc) is 3.22. The standard InChI is InChI=1S/C27H30F3N3O2/c1-16(2)31-10-8-19(9-11-31)35-20-4-7-23-18(14-20)15-24-27(34)33(13-12-32(23)24)26(30)21-5-6-22(28)25(29)17(21)3/h4-7,14-16,19,26H,8-13H2,1-3H3. The summed E-state index contributed by atoms with van der Waals surface area (Å²) in [6.45, 7) is 8.28. The maximum Gasteiger partial charge on any atom is 0.273 e. The molecule has 1 amide bonds. The van der Waals surface area contributed by atoms with Gasteiger partial charge in [-0.15, -0.1) is 0 Å². The molecular weight excluding hydrogens is 455 g/mol. The minimum absolute atomic E-state index is 0.0407. The van der Waals surface area contributed by atoms with Crippen molar-refractivity contribution in [1.82, 2.24) is 14.4 Å². The molecule has 35 heavy (non-hydrogen) atoms. The van der Waals surface area contributed by atoms with Crippen molar-refractivity contribution in [2.24, 2.45) is 0 Å². The highest BCUT2D eigenvalue weighted by Gasteiger charge is 2.33. The predicted octanol–water partition coefficient (Wildman–Crippen LogP) is 5.60. The summed E-state index contributed by atoms with van der Waals surface area (Å²) in [7, 11) is 0. The Balaban J connectivity index is 1.35. The van der Waals surface area contributed by atoms with Crippen molar-refractivity contribution in [3.8, 4) is 5.75 Å². The van der Waals surface area contributed by atoms with E-state index in [1.807, 2.05) is 22.8 Å². The highest BCUT2D eigenvalue weighted by atomic mass is 19.2. The molecule has 2 aromatic carbocycles. The number of halogens is 3. The monoisotopic (exact) mass is 485 g/mol. The topological polar surface area (TPSA) is 37.7 Å². The van der Waals surface area contributed by atoms with Gasteiger partial charge in [0.1, 0.15) is 17.5 Å². The molecule has 0 saturated carbocycles. The van der Waals surface area contributed by atoms with Crippen molar-refractivity contribution >= 4 is 16.8 Å². The third-order valence-corrected chi connectivity index (χ3v) is 7.34. The third kappa shape index (κ3) is 4.29. The van der Waals surface area contributed by atoms with Crippen molar-refractivity contribution < 1.29 is 22.7 Å². The van der Waals surface area contributed by atoms with Crippen LogP contribution in [0.4, 0.5) is 13.2 Å². The normalized spacial score (nSPS) is 18.4. The zero-order chi connectivity index (χ0) is 24.9. The Labute approximate surface area is 203 Å². The summed E-state index contributed by atoms with van der Waals surface area (Å²) >= 11 is 0. The summed E-state index contributed by atoms with van der Waals surface area (Å²) < 4.78 is 51.0. The number of hydrogen-bond acceptors (Lipinski definition) is 3. The Morgan fingerprint density at radius 3 is 2.46 bits per heavy atom. The number of likely N-dealkylation sites (tertiary alicyclic amines) is 1. The second-order valence-corrected chi connectivity index (χ2v) is 9.76. The van der Waals surface area contributed by atoms with Gasteiger partial charge in [-0.25, -0.2) is 13.2 Å². The number of carbonyl (C=O) groups excluding carboxylic acids is 1. The molecule has 3 aromatic rings. The Bertz CT molecular complexity index is 1260. The van der Waals surface area contributed by atoms with Gasteiger partial charge in [-0.05, 0) is 69.5 Å². The van der Waals surface area contributed by atoms with E-state index in [0.29, 0.717) is 18.3 Å². The second-order valence-electron chi connectivity index (χ2n) is 9.76. The van der Waals surface area contributed by atoms with E-state index in [4.69, 9.17) is 4.74 Å². The smallest absolute Gasteiger partial charge is 0.273 e. The number of hydrogen-bond donors (Lipinski definition) is 0. The lowest BCUT2D eigenvalue weighted by Crippen LogP contribution is -2.41. The van der Waals surface area contributed by atoms with Crippen molar-refractivity contribution in [3.05, 3.63) is 64.9 Å². The summed E-state index contributed by atoms with van der Waals surface area (Å²) in [4.78, 5) is 16.7. The number of piperidine rings is 1. The quantitative estimate of drug-likeness (QED) is 0.442. The number of carbonyl (C=O) groups is 1. The number of alkyl halides is 1. The summed E-state index contributed by atoms with van der Waals surface area (Å²) in [6, 6.07) is 10.2. The number of benzene rings is 2. The lowest BCUT2D eigenvalue weighted by atomic mass is 10.1. The van der Waals surface area contributed by atoms with E-state index in [-0.39, 0.29) is 23.8 Å². The summed E-state index contributed by atoms with van der Waals surface area (Å²) in [5, 5.41) is 0.853. The highest BCUT2D eigenvalue weighted by Crippen LogP contribution is 2.34. The van der Waals surface area contributed by atoms with Gasteiger partial charge in [0.15, 0.2) is 11.6 Å². The second kappa shape index (κ2) is 9.22. The van der Waals surface area contributed by atoms with Gasteiger partial charge >= 0.3 is 0 Å². The minimum Gasteiger partial charge on any atom is -0.490 e. The van der Waals surface area contributed by atoms with Crippen molar-refractivity contribution in [2.75, 3.05) is 19.6 Å². The molecule has 3 heterocycles. The zero-order valence-electron chi connectivity index (χ0n) is 20.2. The molecule has 0 bridgehead atoms. The molecule has 1 fully saturated rings. The van der Waals surface area contributed by atoms with Crippen LogP contribution in [0.1, 0.15) is 54.6 Å². The predicted molar refractivity (Wildman–Crippen MR) is 128 cm³/mol. The maximum atomic E-state index is 15.4. The molecule has 8 heteroatoms. The molecule has 0 radical (unpaired) electrons. The lowest BCUT2D eigenvalue weighted by Gasteiger charge is -2.34. The fraction of sp³-hybridized carbons (Fsp3) is 0.444. The summed E-state index contributed by atoms with van der Waals surface area (Å²) in [6.07, 6.45) is 0.234. The Kier molecular flexibility index (Phi) is 6.25. The molecule has 0 aliphatic carbocycles. The van der Waals surface area contributed by atoms with Gasteiger partial charge in [-0.2, -0.15) is 0 Å². The number of amides is 1. The van der Waals surface area contributed by atoms with Crippen LogP contribution in [-0.2, 0) is 6.54 Å². The van der Waals surface area contributed by atoms with Crippen LogP contribution in [-0.4, -0.2) is 52.1 Å². The molecular formula is C27H30F3N3O2. The molecule has 5 rings (SSSR count). The van der Waals surface area contributed by atoms with Crippen molar-refractivity contribution in [1.29, 1.82) is 0 Å². The summed E-state index contributed by atoms with van der Waals surface area (Å²) in [5.74, 6) is -1.85. The van der Waals surface area contributed by atoms with Crippen LogP contribution >= 0.6 is 0 Å². The Morgan fingerprint density at radius 2 is 1.74 bits per heavy atom. The molecule has 2 aliphatic heterocycles. The van der Waals surface area contributed by atoms with Gasteiger partial charge < -0.3 is 19.1 Å². The van der Waals surface area contributed by atoms with E-state index in [0.717, 1.165) is 53.5 Å². The van der Waals surface area contributed by atoms with Crippen LogP contribution in [0.15, 0.2) is 36.4 Å². The number of fused-ring (bicyclic) bond motifs is 3. The first kappa shape index (κ1) is 23.7. The molecule has 0 N–H and O–H groups in total. The summed E-state index contributed by atoms with van der Waals surface area (Å²) in [5.41, 5.74) is 1.09. The molecule has 1 aromatic heterocycles. The van der Waals surface area contributed by atoms with Gasteiger partial charge in [-0.3, -0.25) is 4.79 Å². The molecule has 2 aliphatic rings. The van der Waals surface area contributed by atoms with Gasteiger partial charge in [0.2, 0.25) is 6.30 Å². The van der Waals surface area contributed by atoms with Gasteiger partial charge in [-0.1, -0.05) is 6.07 Å². The highest BCUT2D eigenvalue weighted by molar-refractivity contribution is 6.00. The van der Waals surface area contributed by atoms with Gasteiger partial charge in [0.25, 0.3) is 5.91 Å². The van der Waals surface area contributed by atoms with Crippen molar-refractivity contribution in [2.45, 2.75) is 58.6 Å². The van der Waals surface area contributed by atoms with Crippen LogP contribution in [0.3, 0.4) is 0 Å². The first-order valence-electron chi connectivity index (χ1n) is 12.2. The number of nitrogens with zero attached hydrogens (tertiary/aromatic N) is 3. The Morgan fingerprint density at radius 1 is 1.00 bits per heavy atom. The lowest BCUT2D eigenvalue weighted by molar-refractivity contribution is 0.0383. The van der Waals surface area contributed by atoms with E-state index >= 15 is 4.39 Å². The first-order valence-corrected chi connectivity index (χ1v) is 12.2. The molecule has 186 valence electrons. The van der Waals surface area contributed by atoms with Crippen LogP contribution < -0.4 is 4.74 Å². The fourth-order valence-electron chi connectivity index (χ4n) is 5.21. The van der Waals surface area contributed by atoms with E-state index < -0.39 is 23.8 Å².